The molecule has 0 radical (unpaired) electrons. The highest BCUT2D eigenvalue weighted by molar-refractivity contribution is 7.12. The molecule has 0 aliphatic heterocycles. The fraction of sp³-hybridized carbons (Fsp3) is 0.538. The molecule has 2 rings (SSSR count). The average molecular weight is 282 g/mol. The SMILES string of the molecule is O=C(CCCNC(=O)c1cccs1)NC1(CO)CC1. The van der Waals surface area contributed by atoms with Crippen molar-refractivity contribution in [2.24, 2.45) is 0 Å². The Morgan fingerprint density at radius 2 is 2.21 bits per heavy atom. The zero-order chi connectivity index (χ0) is 13.7. The van der Waals surface area contributed by atoms with E-state index >= 15 is 0 Å². The number of aliphatic hydroxyl groups excluding tert-OH is 1. The zero-order valence-corrected chi connectivity index (χ0v) is 11.5. The Morgan fingerprint density at radius 3 is 2.79 bits per heavy atom. The Labute approximate surface area is 116 Å². The van der Waals surface area contributed by atoms with Gasteiger partial charge in [0.1, 0.15) is 0 Å². The van der Waals surface area contributed by atoms with Gasteiger partial charge in [0.2, 0.25) is 5.91 Å². The Hall–Kier alpha value is -1.40. The van der Waals surface area contributed by atoms with Gasteiger partial charge in [0.15, 0.2) is 0 Å². The Kier molecular flexibility index (Phi) is 4.55. The molecule has 0 bridgehead atoms. The van der Waals surface area contributed by atoms with Crippen LogP contribution >= 0.6 is 11.3 Å². The summed E-state index contributed by atoms with van der Waals surface area (Å²) in [6.45, 7) is 0.490. The predicted octanol–water partition coefficient (Wildman–Crippen LogP) is 0.899. The summed E-state index contributed by atoms with van der Waals surface area (Å²) in [5, 5.41) is 16.5. The molecule has 1 fully saturated rings. The maximum Gasteiger partial charge on any atom is 0.261 e. The molecular formula is C13H18N2O3S. The van der Waals surface area contributed by atoms with Crippen LogP contribution in [-0.4, -0.2) is 35.6 Å². The van der Waals surface area contributed by atoms with Crippen molar-refractivity contribution in [1.82, 2.24) is 10.6 Å². The summed E-state index contributed by atoms with van der Waals surface area (Å²) in [7, 11) is 0. The number of amides is 2. The van der Waals surface area contributed by atoms with E-state index < -0.39 is 0 Å². The van der Waals surface area contributed by atoms with Crippen molar-refractivity contribution in [3.05, 3.63) is 22.4 Å². The minimum atomic E-state index is -0.350. The van der Waals surface area contributed by atoms with Crippen molar-refractivity contribution in [3.63, 3.8) is 0 Å². The number of hydrogen-bond acceptors (Lipinski definition) is 4. The van der Waals surface area contributed by atoms with Gasteiger partial charge in [-0.1, -0.05) is 6.07 Å². The minimum absolute atomic E-state index is 0.00779. The van der Waals surface area contributed by atoms with Crippen LogP contribution in [0.4, 0.5) is 0 Å². The molecule has 5 nitrogen and oxygen atoms in total. The third-order valence-electron chi connectivity index (χ3n) is 3.17. The largest absolute Gasteiger partial charge is 0.394 e. The number of carbonyl (C=O) groups is 2. The Bertz CT molecular complexity index is 441. The topological polar surface area (TPSA) is 78.4 Å². The second-order valence-electron chi connectivity index (χ2n) is 4.82. The highest BCUT2D eigenvalue weighted by Crippen LogP contribution is 2.34. The molecule has 0 aromatic carbocycles. The summed E-state index contributed by atoms with van der Waals surface area (Å²) in [4.78, 5) is 23.9. The molecule has 1 aliphatic carbocycles. The average Bonchev–Trinajstić information content (AvgIpc) is 2.96. The summed E-state index contributed by atoms with van der Waals surface area (Å²) >= 11 is 1.40. The van der Waals surface area contributed by atoms with E-state index in [0.29, 0.717) is 24.3 Å². The van der Waals surface area contributed by atoms with Crippen molar-refractivity contribution in [2.75, 3.05) is 13.2 Å². The third-order valence-corrected chi connectivity index (χ3v) is 4.04. The van der Waals surface area contributed by atoms with E-state index in [2.05, 4.69) is 10.6 Å². The fourth-order valence-electron chi connectivity index (χ4n) is 1.78. The summed E-state index contributed by atoms with van der Waals surface area (Å²) in [6.07, 6.45) is 2.67. The van der Waals surface area contributed by atoms with Crippen LogP contribution in [0.25, 0.3) is 0 Å². The summed E-state index contributed by atoms with van der Waals surface area (Å²) < 4.78 is 0. The van der Waals surface area contributed by atoms with Crippen LogP contribution in [-0.2, 0) is 4.79 Å². The van der Waals surface area contributed by atoms with E-state index in [9.17, 15) is 9.59 Å². The van der Waals surface area contributed by atoms with Crippen molar-refractivity contribution in [1.29, 1.82) is 0 Å². The van der Waals surface area contributed by atoms with Crippen molar-refractivity contribution in [3.8, 4) is 0 Å². The van der Waals surface area contributed by atoms with Gasteiger partial charge in [-0.2, -0.15) is 0 Å². The molecule has 0 saturated heterocycles. The molecule has 1 aliphatic rings. The lowest BCUT2D eigenvalue weighted by Crippen LogP contribution is -2.39. The molecular weight excluding hydrogens is 264 g/mol. The van der Waals surface area contributed by atoms with Gasteiger partial charge in [0.25, 0.3) is 5.91 Å². The standard InChI is InChI=1S/C13H18N2O3S/c16-9-13(5-6-13)15-11(17)4-1-7-14-12(18)10-3-2-8-19-10/h2-3,8,16H,1,4-7,9H2,(H,14,18)(H,15,17). The molecule has 104 valence electrons. The molecule has 1 saturated carbocycles. The molecule has 1 aromatic rings. The molecule has 0 atom stereocenters. The lowest BCUT2D eigenvalue weighted by atomic mass is 10.2. The lowest BCUT2D eigenvalue weighted by molar-refractivity contribution is -0.122. The van der Waals surface area contributed by atoms with E-state index in [1.54, 1.807) is 6.07 Å². The maximum atomic E-state index is 11.6. The highest BCUT2D eigenvalue weighted by Gasteiger charge is 2.43. The first-order valence-electron chi connectivity index (χ1n) is 6.39. The van der Waals surface area contributed by atoms with Gasteiger partial charge in [-0.15, -0.1) is 11.3 Å². The molecule has 0 unspecified atom stereocenters. The van der Waals surface area contributed by atoms with Gasteiger partial charge in [-0.3, -0.25) is 9.59 Å². The first-order valence-corrected chi connectivity index (χ1v) is 7.27. The summed E-state index contributed by atoms with van der Waals surface area (Å²) in [5.41, 5.74) is -0.350. The van der Waals surface area contributed by atoms with Gasteiger partial charge in [-0.05, 0) is 30.7 Å². The first-order chi connectivity index (χ1) is 9.15. The molecule has 3 N–H and O–H groups in total. The van der Waals surface area contributed by atoms with E-state index in [-0.39, 0.29) is 24.0 Å². The molecule has 0 spiro atoms. The van der Waals surface area contributed by atoms with E-state index in [0.717, 1.165) is 12.8 Å². The van der Waals surface area contributed by atoms with Crippen LogP contribution in [0, 0.1) is 0 Å². The number of rotatable bonds is 7. The monoisotopic (exact) mass is 282 g/mol. The van der Waals surface area contributed by atoms with E-state index in [4.69, 9.17) is 5.11 Å². The quantitative estimate of drug-likeness (QED) is 0.650. The normalized spacial score (nSPS) is 15.8. The number of hydrogen-bond donors (Lipinski definition) is 3. The second kappa shape index (κ2) is 6.16. The van der Waals surface area contributed by atoms with E-state index in [1.165, 1.54) is 11.3 Å². The first kappa shape index (κ1) is 14.0. The molecule has 1 aromatic heterocycles. The molecule has 19 heavy (non-hydrogen) atoms. The van der Waals surface area contributed by atoms with E-state index in [1.807, 2.05) is 11.4 Å². The third kappa shape index (κ3) is 4.04. The predicted molar refractivity (Wildman–Crippen MR) is 73.1 cm³/mol. The van der Waals surface area contributed by atoms with Crippen molar-refractivity contribution >= 4 is 23.2 Å². The minimum Gasteiger partial charge on any atom is -0.394 e. The zero-order valence-electron chi connectivity index (χ0n) is 10.6. The molecule has 1 heterocycles. The summed E-state index contributed by atoms with van der Waals surface area (Å²) in [6, 6.07) is 3.60. The van der Waals surface area contributed by atoms with Crippen molar-refractivity contribution < 1.29 is 14.7 Å². The molecule has 2 amide bonds. The smallest absolute Gasteiger partial charge is 0.261 e. The highest BCUT2D eigenvalue weighted by atomic mass is 32.1. The van der Waals surface area contributed by atoms with Gasteiger partial charge < -0.3 is 15.7 Å². The number of carbonyl (C=O) groups excluding carboxylic acids is 2. The van der Waals surface area contributed by atoms with Crippen LogP contribution in [0.15, 0.2) is 17.5 Å². The Balaban J connectivity index is 1.59. The van der Waals surface area contributed by atoms with Crippen LogP contribution in [0.3, 0.4) is 0 Å². The van der Waals surface area contributed by atoms with Crippen LogP contribution in [0.1, 0.15) is 35.4 Å². The molecule has 6 heteroatoms. The van der Waals surface area contributed by atoms with Crippen LogP contribution in [0.2, 0.25) is 0 Å². The number of nitrogens with one attached hydrogen (secondary N) is 2. The van der Waals surface area contributed by atoms with Crippen LogP contribution < -0.4 is 10.6 Å². The van der Waals surface area contributed by atoms with Gasteiger partial charge in [0.05, 0.1) is 17.0 Å². The fourth-order valence-corrected chi connectivity index (χ4v) is 2.42. The summed E-state index contributed by atoms with van der Waals surface area (Å²) in [5.74, 6) is -0.152. The number of aliphatic hydroxyl groups is 1. The van der Waals surface area contributed by atoms with Gasteiger partial charge in [-0.25, -0.2) is 0 Å². The van der Waals surface area contributed by atoms with Crippen LogP contribution in [0.5, 0.6) is 0 Å². The second-order valence-corrected chi connectivity index (χ2v) is 5.77. The lowest BCUT2D eigenvalue weighted by Gasteiger charge is -2.14. The Morgan fingerprint density at radius 1 is 1.42 bits per heavy atom. The van der Waals surface area contributed by atoms with Gasteiger partial charge >= 0.3 is 0 Å². The maximum absolute atomic E-state index is 11.6. The number of thiophene rings is 1. The van der Waals surface area contributed by atoms with Gasteiger partial charge in [0, 0.05) is 13.0 Å². The van der Waals surface area contributed by atoms with Crippen molar-refractivity contribution in [2.45, 2.75) is 31.2 Å².